The molecule has 0 aliphatic heterocycles. The third-order valence-electron chi connectivity index (χ3n) is 4.59. The Labute approximate surface area is 113 Å². The van der Waals surface area contributed by atoms with Crippen LogP contribution in [0.4, 0.5) is 0 Å². The molecule has 0 saturated heterocycles. The van der Waals surface area contributed by atoms with Crippen molar-refractivity contribution in [2.75, 3.05) is 0 Å². The van der Waals surface area contributed by atoms with Gasteiger partial charge in [-0.1, -0.05) is 6.42 Å². The summed E-state index contributed by atoms with van der Waals surface area (Å²) in [6.45, 7) is 0. The second-order valence-corrected chi connectivity index (χ2v) is 6.81. The van der Waals surface area contributed by atoms with Gasteiger partial charge in [-0.15, -0.1) is 11.3 Å². The largest absolute Gasteiger partial charge is 0.323 e. The summed E-state index contributed by atoms with van der Waals surface area (Å²) in [5.41, 5.74) is 0.104. The van der Waals surface area contributed by atoms with Crippen LogP contribution in [0.3, 0.4) is 0 Å². The molecule has 4 rings (SSSR count). The van der Waals surface area contributed by atoms with Crippen LogP contribution in [0.5, 0.6) is 0 Å². The number of rotatable bonds is 1. The number of hydrogen-bond acceptors (Lipinski definition) is 3. The van der Waals surface area contributed by atoms with Gasteiger partial charge in [-0.2, -0.15) is 0 Å². The van der Waals surface area contributed by atoms with Gasteiger partial charge in [0.15, 0.2) is 4.77 Å². The van der Waals surface area contributed by atoms with Gasteiger partial charge in [-0.3, -0.25) is 9.36 Å². The number of nitrogens with one attached hydrogen (secondary N) is 1. The Morgan fingerprint density at radius 1 is 1.39 bits per heavy atom. The monoisotopic (exact) mass is 278 g/mol. The zero-order chi connectivity index (χ0) is 12.3. The van der Waals surface area contributed by atoms with Crippen molar-refractivity contribution in [3.8, 4) is 0 Å². The molecule has 1 N–H and O–H groups in total. The molecule has 2 aromatic rings. The van der Waals surface area contributed by atoms with Crippen molar-refractivity contribution in [2.45, 2.75) is 31.7 Å². The average Bonchev–Trinajstić information content (AvgIpc) is 3.02. The van der Waals surface area contributed by atoms with E-state index in [0.717, 1.165) is 22.6 Å². The fourth-order valence-electron chi connectivity index (χ4n) is 3.78. The summed E-state index contributed by atoms with van der Waals surface area (Å²) in [5.74, 6) is 1.48. The van der Waals surface area contributed by atoms with E-state index in [2.05, 4.69) is 4.98 Å². The zero-order valence-corrected chi connectivity index (χ0v) is 11.5. The number of hydrogen-bond donors (Lipinski definition) is 1. The minimum absolute atomic E-state index is 0.104. The molecule has 0 aromatic carbocycles. The molecule has 2 aromatic heterocycles. The van der Waals surface area contributed by atoms with Gasteiger partial charge in [0.25, 0.3) is 5.56 Å². The number of H-pyrrole nitrogens is 1. The fraction of sp³-hybridized carbons (Fsp3) is 0.538. The molecule has 2 fully saturated rings. The first-order valence-electron chi connectivity index (χ1n) is 6.46. The van der Waals surface area contributed by atoms with E-state index in [4.69, 9.17) is 12.2 Å². The lowest BCUT2D eigenvalue weighted by Gasteiger charge is -2.23. The van der Waals surface area contributed by atoms with Gasteiger partial charge in [-0.05, 0) is 54.8 Å². The van der Waals surface area contributed by atoms with Crippen LogP contribution in [-0.4, -0.2) is 9.55 Å². The number of aromatic nitrogens is 2. The SMILES string of the molecule is O=c1c2ccsc2[nH]c(=S)n1[C@H]1C[C@@H]2CC[C@@H]1C2. The minimum Gasteiger partial charge on any atom is -0.323 e. The first kappa shape index (κ1) is 10.9. The Morgan fingerprint density at radius 3 is 3.00 bits per heavy atom. The molecule has 2 aliphatic rings. The third-order valence-corrected chi connectivity index (χ3v) is 5.71. The Hall–Kier alpha value is -0.940. The van der Waals surface area contributed by atoms with Crippen LogP contribution in [0.1, 0.15) is 31.7 Å². The Balaban J connectivity index is 1.95. The molecule has 0 radical (unpaired) electrons. The van der Waals surface area contributed by atoms with E-state index in [-0.39, 0.29) is 5.56 Å². The van der Waals surface area contributed by atoms with Crippen molar-refractivity contribution < 1.29 is 0 Å². The topological polar surface area (TPSA) is 37.8 Å². The van der Waals surface area contributed by atoms with E-state index in [1.54, 1.807) is 11.3 Å². The van der Waals surface area contributed by atoms with Crippen LogP contribution in [-0.2, 0) is 0 Å². The van der Waals surface area contributed by atoms with Gasteiger partial charge in [-0.25, -0.2) is 0 Å². The summed E-state index contributed by atoms with van der Waals surface area (Å²) in [7, 11) is 0. The first-order valence-corrected chi connectivity index (χ1v) is 7.75. The van der Waals surface area contributed by atoms with Crippen molar-refractivity contribution in [3.05, 3.63) is 26.6 Å². The van der Waals surface area contributed by atoms with Crippen molar-refractivity contribution in [2.24, 2.45) is 11.8 Å². The predicted molar refractivity (Wildman–Crippen MR) is 75.8 cm³/mol. The molecule has 2 heterocycles. The van der Waals surface area contributed by atoms with E-state index in [1.807, 2.05) is 16.0 Å². The number of aromatic amines is 1. The van der Waals surface area contributed by atoms with Gasteiger partial charge in [0.05, 0.1) is 5.39 Å². The van der Waals surface area contributed by atoms with Crippen molar-refractivity contribution in [3.63, 3.8) is 0 Å². The molecular formula is C13H14N2OS2. The summed E-state index contributed by atoms with van der Waals surface area (Å²) in [6.07, 6.45) is 5.02. The highest BCUT2D eigenvalue weighted by Gasteiger charge is 2.41. The molecule has 18 heavy (non-hydrogen) atoms. The summed E-state index contributed by atoms with van der Waals surface area (Å²) in [5, 5.41) is 2.74. The molecule has 2 saturated carbocycles. The zero-order valence-electron chi connectivity index (χ0n) is 9.89. The maximum atomic E-state index is 12.6. The van der Waals surface area contributed by atoms with Gasteiger partial charge in [0.2, 0.25) is 0 Å². The van der Waals surface area contributed by atoms with E-state index in [9.17, 15) is 4.79 Å². The van der Waals surface area contributed by atoms with Crippen molar-refractivity contribution >= 4 is 33.8 Å². The Kier molecular flexibility index (Phi) is 2.29. The first-order chi connectivity index (χ1) is 8.74. The van der Waals surface area contributed by atoms with E-state index in [0.29, 0.717) is 16.7 Å². The van der Waals surface area contributed by atoms with Gasteiger partial charge in [0, 0.05) is 6.04 Å². The van der Waals surface area contributed by atoms with Crippen molar-refractivity contribution in [1.82, 2.24) is 9.55 Å². The standard InChI is InChI=1S/C13H14N2OS2/c16-12-9-3-4-18-11(9)14-13(17)15(12)10-6-7-1-2-8(10)5-7/h3-4,7-8,10H,1-2,5-6H2,(H,14,17)/t7-,8-,10+/m1/s1. The fourth-order valence-corrected chi connectivity index (χ4v) is 4.95. The highest BCUT2D eigenvalue weighted by atomic mass is 32.1. The molecule has 2 bridgehead atoms. The van der Waals surface area contributed by atoms with Crippen LogP contribution in [0.15, 0.2) is 16.2 Å². The second kappa shape index (κ2) is 3.78. The van der Waals surface area contributed by atoms with Gasteiger partial charge >= 0.3 is 0 Å². The lowest BCUT2D eigenvalue weighted by molar-refractivity contribution is 0.319. The highest BCUT2D eigenvalue weighted by molar-refractivity contribution is 7.71. The molecule has 0 spiro atoms. The lowest BCUT2D eigenvalue weighted by atomic mass is 9.95. The van der Waals surface area contributed by atoms with Crippen molar-refractivity contribution in [1.29, 1.82) is 0 Å². The van der Waals surface area contributed by atoms with Crippen LogP contribution in [0.25, 0.3) is 10.2 Å². The number of thiophene rings is 1. The minimum atomic E-state index is 0.104. The summed E-state index contributed by atoms with van der Waals surface area (Å²) < 4.78 is 2.46. The predicted octanol–water partition coefficient (Wildman–Crippen LogP) is 3.48. The lowest BCUT2D eigenvalue weighted by Crippen LogP contribution is -2.29. The molecule has 3 nitrogen and oxygen atoms in total. The van der Waals surface area contributed by atoms with E-state index < -0.39 is 0 Å². The maximum absolute atomic E-state index is 12.6. The number of nitrogens with zero attached hydrogens (tertiary/aromatic N) is 1. The van der Waals surface area contributed by atoms with E-state index in [1.165, 1.54) is 19.3 Å². The normalized spacial score (nSPS) is 30.3. The van der Waals surface area contributed by atoms with Crippen LogP contribution < -0.4 is 5.56 Å². The highest BCUT2D eigenvalue weighted by Crippen LogP contribution is 2.50. The summed E-state index contributed by atoms with van der Waals surface area (Å²) in [4.78, 5) is 16.7. The van der Waals surface area contributed by atoms with Crippen LogP contribution in [0.2, 0.25) is 0 Å². The van der Waals surface area contributed by atoms with E-state index >= 15 is 0 Å². The molecule has 3 atom stereocenters. The molecule has 0 unspecified atom stereocenters. The second-order valence-electron chi connectivity index (χ2n) is 5.51. The average molecular weight is 278 g/mol. The number of fused-ring (bicyclic) bond motifs is 3. The molecular weight excluding hydrogens is 264 g/mol. The quantitative estimate of drug-likeness (QED) is 0.811. The Bertz CT molecular complexity index is 726. The van der Waals surface area contributed by atoms with Crippen LogP contribution in [0, 0.1) is 16.6 Å². The summed E-state index contributed by atoms with van der Waals surface area (Å²) >= 11 is 6.95. The Morgan fingerprint density at radius 2 is 2.28 bits per heavy atom. The molecule has 2 aliphatic carbocycles. The third kappa shape index (κ3) is 1.40. The maximum Gasteiger partial charge on any atom is 0.263 e. The van der Waals surface area contributed by atoms with Gasteiger partial charge < -0.3 is 4.98 Å². The molecule has 0 amide bonds. The van der Waals surface area contributed by atoms with Gasteiger partial charge in [0.1, 0.15) is 4.83 Å². The molecule has 5 heteroatoms. The summed E-state index contributed by atoms with van der Waals surface area (Å²) in [6, 6.07) is 2.24. The van der Waals surface area contributed by atoms with Crippen LogP contribution >= 0.6 is 23.6 Å². The molecule has 94 valence electrons. The smallest absolute Gasteiger partial charge is 0.263 e.